The van der Waals surface area contributed by atoms with E-state index in [1.54, 1.807) is 0 Å². The molecule has 0 saturated carbocycles. The van der Waals surface area contributed by atoms with Gasteiger partial charge in [0, 0.05) is 0 Å². The van der Waals surface area contributed by atoms with Crippen LogP contribution < -0.4 is 5.32 Å². The third-order valence-electron chi connectivity index (χ3n) is 2.51. The zero-order valence-electron chi connectivity index (χ0n) is 10.0. The molecule has 0 bridgehead atoms. The van der Waals surface area contributed by atoms with Crippen LogP contribution in [0, 0.1) is 0 Å². The first-order valence-corrected chi connectivity index (χ1v) is 6.58. The summed E-state index contributed by atoms with van der Waals surface area (Å²) in [6, 6.07) is 1.11. The van der Waals surface area contributed by atoms with E-state index in [0.717, 1.165) is 18.4 Å². The Labute approximate surface area is 105 Å². The number of carboxylic acids is 1. The largest absolute Gasteiger partial charge is 0.480 e. The van der Waals surface area contributed by atoms with Gasteiger partial charge in [0.15, 0.2) is 0 Å². The van der Waals surface area contributed by atoms with Crippen LogP contribution in [-0.2, 0) is 11.2 Å². The van der Waals surface area contributed by atoms with Crippen LogP contribution >= 0.6 is 11.3 Å². The monoisotopic (exact) mass is 255 g/mol. The van der Waals surface area contributed by atoms with Crippen molar-refractivity contribution >= 4 is 23.2 Å². The summed E-state index contributed by atoms with van der Waals surface area (Å²) < 4.78 is 0. The first-order chi connectivity index (χ1) is 8.10. The van der Waals surface area contributed by atoms with Crippen molar-refractivity contribution in [3.8, 4) is 0 Å². The minimum absolute atomic E-state index is 0.280. The molecule has 2 N–H and O–H groups in total. The molecule has 1 amide bonds. The lowest BCUT2D eigenvalue weighted by Crippen LogP contribution is -2.40. The highest BCUT2D eigenvalue weighted by Crippen LogP contribution is 2.17. The highest BCUT2D eigenvalue weighted by molar-refractivity contribution is 7.12. The Hall–Kier alpha value is -1.36. The fourth-order valence-corrected chi connectivity index (χ4v) is 2.48. The summed E-state index contributed by atoms with van der Waals surface area (Å²) in [5.41, 5.74) is 0.966. The van der Waals surface area contributed by atoms with Crippen molar-refractivity contribution in [2.24, 2.45) is 0 Å². The van der Waals surface area contributed by atoms with Gasteiger partial charge in [-0.3, -0.25) is 4.79 Å². The molecular formula is C12H17NO3S. The fourth-order valence-electron chi connectivity index (χ4n) is 1.58. The second kappa shape index (κ2) is 6.39. The predicted octanol–water partition coefficient (Wildman–Crippen LogP) is 2.29. The topological polar surface area (TPSA) is 66.4 Å². The van der Waals surface area contributed by atoms with Crippen LogP contribution in [0.1, 0.15) is 41.9 Å². The van der Waals surface area contributed by atoms with Gasteiger partial charge in [-0.05, 0) is 29.9 Å². The van der Waals surface area contributed by atoms with Crippen LogP contribution in [0.2, 0.25) is 0 Å². The molecule has 4 nitrogen and oxygen atoms in total. The minimum atomic E-state index is -0.977. The van der Waals surface area contributed by atoms with Gasteiger partial charge in [-0.2, -0.15) is 0 Å². The number of carbonyl (C=O) groups excluding carboxylic acids is 1. The number of thiophene rings is 1. The van der Waals surface area contributed by atoms with E-state index in [9.17, 15) is 9.59 Å². The average molecular weight is 255 g/mol. The number of nitrogens with one attached hydrogen (secondary N) is 1. The van der Waals surface area contributed by atoms with Crippen LogP contribution in [0.15, 0.2) is 11.4 Å². The van der Waals surface area contributed by atoms with Gasteiger partial charge in [-0.15, -0.1) is 11.3 Å². The van der Waals surface area contributed by atoms with Crippen molar-refractivity contribution in [2.45, 2.75) is 39.2 Å². The number of hydrogen-bond donors (Lipinski definition) is 2. The smallest absolute Gasteiger partial charge is 0.326 e. The summed E-state index contributed by atoms with van der Waals surface area (Å²) in [6.07, 6.45) is 1.95. The zero-order chi connectivity index (χ0) is 12.8. The van der Waals surface area contributed by atoms with Gasteiger partial charge < -0.3 is 10.4 Å². The fraction of sp³-hybridized carbons (Fsp3) is 0.500. The lowest BCUT2D eigenvalue weighted by atomic mass is 10.1. The molecular weight excluding hydrogens is 238 g/mol. The second-order valence-corrected chi connectivity index (χ2v) is 4.70. The molecule has 1 heterocycles. The van der Waals surface area contributed by atoms with Crippen molar-refractivity contribution in [2.75, 3.05) is 0 Å². The van der Waals surface area contributed by atoms with E-state index in [-0.39, 0.29) is 5.91 Å². The van der Waals surface area contributed by atoms with Crippen molar-refractivity contribution in [1.29, 1.82) is 0 Å². The maximum absolute atomic E-state index is 11.9. The molecule has 0 spiro atoms. The van der Waals surface area contributed by atoms with Gasteiger partial charge in [-0.1, -0.05) is 20.3 Å². The van der Waals surface area contributed by atoms with E-state index in [1.807, 2.05) is 25.3 Å². The quantitative estimate of drug-likeness (QED) is 0.819. The molecule has 0 fully saturated rings. The van der Waals surface area contributed by atoms with Crippen molar-refractivity contribution in [3.63, 3.8) is 0 Å². The average Bonchev–Trinajstić information content (AvgIpc) is 2.76. The molecule has 1 aromatic rings. The molecule has 0 aromatic carbocycles. The Balaban J connectivity index is 2.73. The van der Waals surface area contributed by atoms with Crippen molar-refractivity contribution in [1.82, 2.24) is 5.32 Å². The predicted molar refractivity (Wildman–Crippen MR) is 67.5 cm³/mol. The first kappa shape index (κ1) is 13.7. The van der Waals surface area contributed by atoms with Crippen LogP contribution in [0.5, 0.6) is 0 Å². The summed E-state index contributed by atoms with van der Waals surface area (Å²) >= 11 is 1.35. The van der Waals surface area contributed by atoms with Crippen LogP contribution in [-0.4, -0.2) is 23.0 Å². The Morgan fingerprint density at radius 3 is 2.71 bits per heavy atom. The molecule has 1 aromatic heterocycles. The highest BCUT2D eigenvalue weighted by atomic mass is 32.1. The van der Waals surface area contributed by atoms with Gasteiger partial charge in [-0.25, -0.2) is 4.79 Å². The Kier molecular flexibility index (Phi) is 5.15. The highest BCUT2D eigenvalue weighted by Gasteiger charge is 2.21. The maximum Gasteiger partial charge on any atom is 0.326 e. The molecule has 0 aliphatic heterocycles. The third-order valence-corrected chi connectivity index (χ3v) is 3.47. The SMILES string of the molecule is CCC[C@H](NC(=O)c1sccc1CC)C(=O)O. The van der Waals surface area contributed by atoms with Gasteiger partial charge in [0.1, 0.15) is 6.04 Å². The van der Waals surface area contributed by atoms with Crippen molar-refractivity contribution in [3.05, 3.63) is 21.9 Å². The number of hydrogen-bond acceptors (Lipinski definition) is 3. The van der Waals surface area contributed by atoms with E-state index in [4.69, 9.17) is 5.11 Å². The lowest BCUT2D eigenvalue weighted by molar-refractivity contribution is -0.139. The molecule has 5 heteroatoms. The number of carboxylic acid groups (broad SMARTS) is 1. The number of amides is 1. The van der Waals surface area contributed by atoms with E-state index >= 15 is 0 Å². The van der Waals surface area contributed by atoms with Gasteiger partial charge >= 0.3 is 5.97 Å². The molecule has 0 radical (unpaired) electrons. The van der Waals surface area contributed by atoms with Crippen molar-refractivity contribution < 1.29 is 14.7 Å². The van der Waals surface area contributed by atoms with Gasteiger partial charge in [0.25, 0.3) is 5.91 Å². The normalized spacial score (nSPS) is 12.1. The minimum Gasteiger partial charge on any atom is -0.480 e. The summed E-state index contributed by atoms with van der Waals surface area (Å²) in [5.74, 6) is -1.26. The van der Waals surface area contributed by atoms with E-state index in [2.05, 4.69) is 5.32 Å². The zero-order valence-corrected chi connectivity index (χ0v) is 10.8. The summed E-state index contributed by atoms with van der Waals surface area (Å²) in [6.45, 7) is 3.87. The lowest BCUT2D eigenvalue weighted by Gasteiger charge is -2.13. The molecule has 0 unspecified atom stereocenters. The second-order valence-electron chi connectivity index (χ2n) is 3.78. The number of carbonyl (C=O) groups is 2. The molecule has 0 aliphatic carbocycles. The number of rotatable bonds is 6. The molecule has 1 atom stereocenters. The first-order valence-electron chi connectivity index (χ1n) is 5.70. The molecule has 17 heavy (non-hydrogen) atoms. The van der Waals surface area contributed by atoms with Gasteiger partial charge in [0.2, 0.25) is 0 Å². The van der Waals surface area contributed by atoms with E-state index < -0.39 is 12.0 Å². The summed E-state index contributed by atoms with van der Waals surface area (Å²) in [7, 11) is 0. The Morgan fingerprint density at radius 2 is 2.18 bits per heavy atom. The molecule has 0 saturated heterocycles. The maximum atomic E-state index is 11.9. The molecule has 0 aliphatic rings. The van der Waals surface area contributed by atoms with E-state index in [0.29, 0.717) is 11.3 Å². The third kappa shape index (κ3) is 3.56. The molecule has 1 rings (SSSR count). The Morgan fingerprint density at radius 1 is 1.47 bits per heavy atom. The standard InChI is InChI=1S/C12H17NO3S/c1-3-5-9(12(15)16)13-11(14)10-8(4-2)6-7-17-10/h6-7,9H,3-5H2,1-2H3,(H,13,14)(H,15,16)/t9-/m0/s1. The summed E-state index contributed by atoms with van der Waals surface area (Å²) in [4.78, 5) is 23.5. The number of aryl methyl sites for hydroxylation is 1. The molecule has 94 valence electrons. The van der Waals surface area contributed by atoms with E-state index in [1.165, 1.54) is 11.3 Å². The Bertz CT molecular complexity index is 400. The van der Waals surface area contributed by atoms with Crippen LogP contribution in [0.25, 0.3) is 0 Å². The summed E-state index contributed by atoms with van der Waals surface area (Å²) in [5, 5.41) is 13.4. The van der Waals surface area contributed by atoms with Crippen LogP contribution in [0.4, 0.5) is 0 Å². The number of aliphatic carboxylic acids is 1. The van der Waals surface area contributed by atoms with Gasteiger partial charge in [0.05, 0.1) is 4.88 Å². The van der Waals surface area contributed by atoms with Crippen LogP contribution in [0.3, 0.4) is 0 Å².